The first-order chi connectivity index (χ1) is 7.62. The maximum absolute atomic E-state index is 11.4. The smallest absolute Gasteiger partial charge is 0.338 e. The fourth-order valence-corrected chi connectivity index (χ4v) is 2.56. The summed E-state index contributed by atoms with van der Waals surface area (Å²) in [4.78, 5) is 0. The van der Waals surface area contributed by atoms with Gasteiger partial charge in [0.1, 0.15) is 5.75 Å². The van der Waals surface area contributed by atoms with Gasteiger partial charge >= 0.3 is 10.3 Å². The van der Waals surface area contributed by atoms with Crippen molar-refractivity contribution >= 4 is 10.3 Å². The van der Waals surface area contributed by atoms with Crippen molar-refractivity contribution in [1.29, 1.82) is 0 Å². The Morgan fingerprint density at radius 2 is 2.06 bits per heavy atom. The van der Waals surface area contributed by atoms with E-state index in [1.54, 1.807) is 19.2 Å². The minimum Gasteiger partial charge on any atom is -0.497 e. The maximum Gasteiger partial charge on any atom is 0.338 e. The molecule has 0 bridgehead atoms. The van der Waals surface area contributed by atoms with Gasteiger partial charge in [0.15, 0.2) is 0 Å². The molecule has 2 rings (SSSR count). The maximum atomic E-state index is 11.4. The summed E-state index contributed by atoms with van der Waals surface area (Å²) in [6.45, 7) is 0.985. The third kappa shape index (κ3) is 2.34. The molecule has 0 atom stereocenters. The second-order valence-electron chi connectivity index (χ2n) is 3.46. The van der Waals surface area contributed by atoms with Crippen molar-refractivity contribution in [3.05, 3.63) is 29.8 Å². The van der Waals surface area contributed by atoms with Crippen LogP contribution in [0.3, 0.4) is 0 Å². The van der Waals surface area contributed by atoms with Crippen molar-refractivity contribution in [3.8, 4) is 5.75 Å². The lowest BCUT2D eigenvalue weighted by Gasteiger charge is -2.12. The van der Waals surface area contributed by atoms with Crippen LogP contribution in [-0.4, -0.2) is 33.0 Å². The Labute approximate surface area is 94.8 Å². The number of ether oxygens (including phenoxy) is 1. The summed E-state index contributed by atoms with van der Waals surface area (Å²) < 4.78 is 33.7. The third-order valence-electron chi connectivity index (χ3n) is 2.41. The molecule has 0 aliphatic carbocycles. The van der Waals surface area contributed by atoms with E-state index < -0.39 is 10.3 Å². The van der Waals surface area contributed by atoms with E-state index >= 15 is 0 Å². The average Bonchev–Trinajstić information content (AvgIpc) is 2.59. The molecule has 0 amide bonds. The number of benzene rings is 1. The van der Waals surface area contributed by atoms with Crippen molar-refractivity contribution in [3.63, 3.8) is 0 Å². The van der Waals surface area contributed by atoms with Crippen LogP contribution in [-0.2, 0) is 21.0 Å². The van der Waals surface area contributed by atoms with E-state index in [0.717, 1.165) is 11.3 Å². The molecule has 1 saturated heterocycles. The zero-order valence-electron chi connectivity index (χ0n) is 8.92. The van der Waals surface area contributed by atoms with E-state index in [4.69, 9.17) is 4.74 Å². The molecule has 0 spiro atoms. The van der Waals surface area contributed by atoms with Gasteiger partial charge in [-0.1, -0.05) is 12.1 Å². The lowest BCUT2D eigenvalue weighted by atomic mass is 10.2. The van der Waals surface area contributed by atoms with E-state index in [1.807, 2.05) is 12.1 Å². The molecule has 1 aromatic carbocycles. The predicted molar refractivity (Wildman–Crippen MR) is 58.3 cm³/mol. The Bertz CT molecular complexity index is 454. The Balaban J connectivity index is 2.09. The third-order valence-corrected chi connectivity index (χ3v) is 3.82. The van der Waals surface area contributed by atoms with Crippen molar-refractivity contribution in [2.75, 3.05) is 20.3 Å². The summed E-state index contributed by atoms with van der Waals surface area (Å²) in [5, 5.41) is 0. The molecule has 0 N–H and O–H groups in total. The Morgan fingerprint density at radius 1 is 1.38 bits per heavy atom. The molecule has 16 heavy (non-hydrogen) atoms. The topological polar surface area (TPSA) is 55.8 Å². The first-order valence-corrected chi connectivity index (χ1v) is 6.26. The van der Waals surface area contributed by atoms with Gasteiger partial charge in [0.05, 0.1) is 13.7 Å². The van der Waals surface area contributed by atoms with Crippen LogP contribution in [0.4, 0.5) is 0 Å². The zero-order valence-corrected chi connectivity index (χ0v) is 9.74. The number of hydrogen-bond acceptors (Lipinski definition) is 4. The SMILES string of the molecule is COc1ccc(CN2CCOS2(=O)=O)cc1. The summed E-state index contributed by atoms with van der Waals surface area (Å²) in [7, 11) is -1.91. The van der Waals surface area contributed by atoms with Gasteiger partial charge in [0.2, 0.25) is 0 Å². The van der Waals surface area contributed by atoms with Gasteiger partial charge in [0, 0.05) is 13.1 Å². The number of rotatable bonds is 3. The van der Waals surface area contributed by atoms with Crippen LogP contribution >= 0.6 is 0 Å². The second kappa shape index (κ2) is 4.40. The lowest BCUT2D eigenvalue weighted by molar-refractivity contribution is 0.362. The summed E-state index contributed by atoms with van der Waals surface area (Å²) >= 11 is 0. The first-order valence-electron chi connectivity index (χ1n) is 4.89. The average molecular weight is 243 g/mol. The van der Waals surface area contributed by atoms with Gasteiger partial charge in [-0.15, -0.1) is 0 Å². The van der Waals surface area contributed by atoms with Crippen LogP contribution in [0.25, 0.3) is 0 Å². The van der Waals surface area contributed by atoms with E-state index in [9.17, 15) is 8.42 Å². The summed E-state index contributed by atoms with van der Waals surface area (Å²) in [6.07, 6.45) is 0. The molecular weight excluding hydrogens is 230 g/mol. The lowest BCUT2D eigenvalue weighted by Crippen LogP contribution is -2.24. The van der Waals surface area contributed by atoms with Crippen LogP contribution in [0.1, 0.15) is 5.56 Å². The molecule has 1 heterocycles. The van der Waals surface area contributed by atoms with Crippen molar-refractivity contribution < 1.29 is 17.3 Å². The molecule has 1 aliphatic heterocycles. The predicted octanol–water partition coefficient (Wildman–Crippen LogP) is 0.772. The fourth-order valence-electron chi connectivity index (χ4n) is 1.52. The number of methoxy groups -OCH3 is 1. The normalized spacial score (nSPS) is 19.8. The molecule has 6 heteroatoms. The second-order valence-corrected chi connectivity index (χ2v) is 5.07. The Hall–Kier alpha value is -1.11. The minimum absolute atomic E-state index is 0.235. The molecule has 0 saturated carbocycles. The number of nitrogens with zero attached hydrogens (tertiary/aromatic N) is 1. The monoisotopic (exact) mass is 243 g/mol. The molecular formula is C10H13NO4S. The van der Waals surface area contributed by atoms with Gasteiger partial charge in [-0.05, 0) is 17.7 Å². The molecule has 0 aromatic heterocycles. The summed E-state index contributed by atoms with van der Waals surface area (Å²) in [5.41, 5.74) is 0.912. The quantitative estimate of drug-likeness (QED) is 0.787. The van der Waals surface area contributed by atoms with Crippen LogP contribution in [0.2, 0.25) is 0 Å². The minimum atomic E-state index is -3.50. The van der Waals surface area contributed by atoms with E-state index in [-0.39, 0.29) is 6.61 Å². The van der Waals surface area contributed by atoms with E-state index in [1.165, 1.54) is 4.31 Å². The highest BCUT2D eigenvalue weighted by atomic mass is 32.2. The molecule has 1 fully saturated rings. The van der Waals surface area contributed by atoms with Crippen LogP contribution in [0.5, 0.6) is 5.75 Å². The van der Waals surface area contributed by atoms with Gasteiger partial charge < -0.3 is 4.74 Å². The fraction of sp³-hybridized carbons (Fsp3) is 0.400. The molecule has 5 nitrogen and oxygen atoms in total. The van der Waals surface area contributed by atoms with E-state index in [0.29, 0.717) is 13.1 Å². The van der Waals surface area contributed by atoms with Gasteiger partial charge in [-0.3, -0.25) is 4.18 Å². The van der Waals surface area contributed by atoms with Crippen LogP contribution in [0.15, 0.2) is 24.3 Å². The molecule has 0 unspecified atom stereocenters. The zero-order chi connectivity index (χ0) is 11.6. The van der Waals surface area contributed by atoms with Gasteiger partial charge in [0.25, 0.3) is 0 Å². The standard InChI is InChI=1S/C10H13NO4S/c1-14-10-4-2-9(3-5-10)8-11-6-7-15-16(11,12)13/h2-5H,6-8H2,1H3. The van der Waals surface area contributed by atoms with Crippen LogP contribution < -0.4 is 4.74 Å². The van der Waals surface area contributed by atoms with Gasteiger partial charge in [-0.2, -0.15) is 12.7 Å². The van der Waals surface area contributed by atoms with Crippen molar-refractivity contribution in [2.45, 2.75) is 6.54 Å². The first kappa shape index (κ1) is 11.4. The van der Waals surface area contributed by atoms with Crippen molar-refractivity contribution in [1.82, 2.24) is 4.31 Å². The highest BCUT2D eigenvalue weighted by Crippen LogP contribution is 2.17. The van der Waals surface area contributed by atoms with E-state index in [2.05, 4.69) is 4.18 Å². The summed E-state index contributed by atoms with van der Waals surface area (Å²) in [5.74, 6) is 0.754. The molecule has 0 radical (unpaired) electrons. The number of hydrogen-bond donors (Lipinski definition) is 0. The Kier molecular flexibility index (Phi) is 3.13. The highest BCUT2D eigenvalue weighted by Gasteiger charge is 2.29. The summed E-state index contributed by atoms with van der Waals surface area (Å²) in [6, 6.07) is 7.29. The van der Waals surface area contributed by atoms with Crippen molar-refractivity contribution in [2.24, 2.45) is 0 Å². The van der Waals surface area contributed by atoms with Crippen LogP contribution in [0, 0.1) is 0 Å². The molecule has 1 aliphatic rings. The molecule has 88 valence electrons. The largest absolute Gasteiger partial charge is 0.497 e. The molecule has 1 aromatic rings. The van der Waals surface area contributed by atoms with Gasteiger partial charge in [-0.25, -0.2) is 0 Å². The Morgan fingerprint density at radius 3 is 2.56 bits per heavy atom. The highest BCUT2D eigenvalue weighted by molar-refractivity contribution is 7.84.